The molecule has 3 heterocycles. The molecule has 2 aromatic rings. The molecule has 1 aromatic heterocycles. The van der Waals surface area contributed by atoms with Crippen molar-refractivity contribution in [2.75, 3.05) is 19.6 Å². The van der Waals surface area contributed by atoms with Crippen molar-refractivity contribution in [3.8, 4) is 0 Å². The van der Waals surface area contributed by atoms with Crippen LogP contribution in [0.2, 0.25) is 0 Å². The first-order valence-corrected chi connectivity index (χ1v) is 8.75. The van der Waals surface area contributed by atoms with Crippen LogP contribution < -0.4 is 0 Å². The quantitative estimate of drug-likeness (QED) is 0.855. The van der Waals surface area contributed by atoms with Gasteiger partial charge in [0.25, 0.3) is 0 Å². The van der Waals surface area contributed by atoms with Gasteiger partial charge in [-0.3, -0.25) is 9.80 Å². The Bertz CT molecular complexity index is 776. The highest BCUT2D eigenvalue weighted by Gasteiger charge is 2.47. The van der Waals surface area contributed by atoms with Crippen molar-refractivity contribution in [1.29, 1.82) is 0 Å². The maximum absolute atomic E-state index is 13.0. The van der Waals surface area contributed by atoms with E-state index >= 15 is 0 Å². The largest absolute Gasteiger partial charge is 0.462 e. The molecule has 2 atom stereocenters. The summed E-state index contributed by atoms with van der Waals surface area (Å²) in [5.41, 5.74) is 0.990. The fourth-order valence-corrected chi connectivity index (χ4v) is 3.68. The zero-order valence-corrected chi connectivity index (χ0v) is 14.3. The van der Waals surface area contributed by atoms with E-state index in [1.54, 1.807) is 23.1 Å². The molecule has 26 heavy (non-hydrogen) atoms. The molecule has 0 saturated carbocycles. The summed E-state index contributed by atoms with van der Waals surface area (Å²) in [4.78, 5) is 16.1. The van der Waals surface area contributed by atoms with E-state index < -0.39 is 0 Å². The predicted molar refractivity (Wildman–Crippen MR) is 90.8 cm³/mol. The van der Waals surface area contributed by atoms with E-state index in [4.69, 9.17) is 14.3 Å². The summed E-state index contributed by atoms with van der Waals surface area (Å²) in [6.45, 7) is 2.44. The van der Waals surface area contributed by atoms with Crippen LogP contribution in [0.5, 0.6) is 0 Å². The highest BCUT2D eigenvalue weighted by atomic mass is 19.1. The van der Waals surface area contributed by atoms with E-state index in [1.165, 1.54) is 12.1 Å². The Morgan fingerprint density at radius 1 is 1.12 bits per heavy atom. The Morgan fingerprint density at radius 3 is 2.62 bits per heavy atom. The molecule has 0 bridgehead atoms. The second-order valence-electron chi connectivity index (χ2n) is 6.78. The van der Waals surface area contributed by atoms with Crippen molar-refractivity contribution in [2.24, 2.45) is 0 Å². The first-order valence-electron chi connectivity index (χ1n) is 8.75. The van der Waals surface area contributed by atoms with Gasteiger partial charge in [-0.05, 0) is 36.2 Å². The number of hydrogen-bond acceptors (Lipinski definition) is 5. The van der Waals surface area contributed by atoms with E-state index in [2.05, 4.69) is 4.90 Å². The van der Waals surface area contributed by atoms with Gasteiger partial charge in [-0.2, -0.15) is 0 Å². The summed E-state index contributed by atoms with van der Waals surface area (Å²) in [6.07, 6.45) is 0.252. The number of fused-ring (bicyclic) bond motifs is 1. The standard InChI is InChI=1S/C19H21FN2O4/c20-14-3-1-13(2-4-14)7-8-22-17-10-21(11-18(17)26-19(22)24)9-15-5-6-16(12-23)25-15/h1-6,17-18,23H,7-12H2/t17-,18+/m0/s1. The van der Waals surface area contributed by atoms with E-state index in [0.717, 1.165) is 17.9 Å². The van der Waals surface area contributed by atoms with E-state index in [1.807, 2.05) is 6.07 Å². The lowest BCUT2D eigenvalue weighted by molar-refractivity contribution is 0.118. The summed E-state index contributed by atoms with van der Waals surface area (Å²) in [6, 6.07) is 9.99. The molecule has 6 nitrogen and oxygen atoms in total. The number of nitrogens with zero attached hydrogens (tertiary/aromatic N) is 2. The summed E-state index contributed by atoms with van der Waals surface area (Å²) >= 11 is 0. The first kappa shape index (κ1) is 17.1. The molecule has 1 aromatic carbocycles. The van der Waals surface area contributed by atoms with Crippen LogP contribution in [-0.4, -0.2) is 52.8 Å². The zero-order valence-electron chi connectivity index (χ0n) is 14.3. The van der Waals surface area contributed by atoms with Crippen LogP contribution in [0, 0.1) is 5.82 Å². The normalized spacial score (nSPS) is 22.7. The molecule has 4 rings (SSSR count). The number of hydrogen-bond donors (Lipinski definition) is 1. The van der Waals surface area contributed by atoms with Gasteiger partial charge in [0, 0.05) is 19.6 Å². The van der Waals surface area contributed by atoms with Gasteiger partial charge in [0.1, 0.15) is 30.0 Å². The van der Waals surface area contributed by atoms with Crippen LogP contribution >= 0.6 is 0 Å². The number of halogens is 1. The molecule has 0 spiro atoms. The molecule has 138 valence electrons. The summed E-state index contributed by atoms with van der Waals surface area (Å²) in [5, 5.41) is 9.08. The van der Waals surface area contributed by atoms with E-state index in [-0.39, 0.29) is 30.7 Å². The topological polar surface area (TPSA) is 66.1 Å². The van der Waals surface area contributed by atoms with Gasteiger partial charge in [0.15, 0.2) is 0 Å². The molecule has 2 fully saturated rings. The lowest BCUT2D eigenvalue weighted by Crippen LogP contribution is -2.39. The molecular weight excluding hydrogens is 339 g/mol. The highest BCUT2D eigenvalue weighted by Crippen LogP contribution is 2.28. The van der Waals surface area contributed by atoms with Gasteiger partial charge >= 0.3 is 6.09 Å². The SMILES string of the molecule is O=C1O[C@@H]2CN(Cc3ccc(CO)o3)C[C@@H]2N1CCc1ccc(F)cc1. The second-order valence-corrected chi connectivity index (χ2v) is 6.78. The summed E-state index contributed by atoms with van der Waals surface area (Å²) in [7, 11) is 0. The van der Waals surface area contributed by atoms with Gasteiger partial charge in [-0.25, -0.2) is 9.18 Å². The van der Waals surface area contributed by atoms with Crippen LogP contribution in [0.15, 0.2) is 40.8 Å². The Hall–Kier alpha value is -2.38. The second kappa shape index (κ2) is 7.09. The maximum atomic E-state index is 13.0. The average molecular weight is 360 g/mol. The van der Waals surface area contributed by atoms with Gasteiger partial charge < -0.3 is 14.3 Å². The number of aliphatic hydroxyl groups excluding tert-OH is 1. The average Bonchev–Trinajstić information content (AvgIpc) is 3.30. The van der Waals surface area contributed by atoms with Gasteiger partial charge in [0.2, 0.25) is 0 Å². The Morgan fingerprint density at radius 2 is 1.88 bits per heavy atom. The number of furan rings is 1. The van der Waals surface area contributed by atoms with E-state index in [9.17, 15) is 9.18 Å². The van der Waals surface area contributed by atoms with Crippen molar-refractivity contribution >= 4 is 6.09 Å². The number of likely N-dealkylation sites (tertiary alicyclic amines) is 1. The molecule has 2 saturated heterocycles. The van der Waals surface area contributed by atoms with Crippen molar-refractivity contribution in [2.45, 2.75) is 31.7 Å². The lowest BCUT2D eigenvalue weighted by Gasteiger charge is -2.22. The van der Waals surface area contributed by atoms with Crippen molar-refractivity contribution in [1.82, 2.24) is 9.80 Å². The fourth-order valence-electron chi connectivity index (χ4n) is 3.68. The van der Waals surface area contributed by atoms with Crippen LogP contribution in [0.25, 0.3) is 0 Å². The fraction of sp³-hybridized carbons (Fsp3) is 0.421. The molecule has 0 aliphatic carbocycles. The minimum atomic E-state index is -0.276. The number of carbonyl (C=O) groups excluding carboxylic acids is 1. The van der Waals surface area contributed by atoms with Crippen LogP contribution in [0.3, 0.4) is 0 Å². The number of benzene rings is 1. The Kier molecular flexibility index (Phi) is 4.65. The number of carbonyl (C=O) groups is 1. The number of ether oxygens (including phenoxy) is 1. The Labute approximate surface area is 150 Å². The smallest absolute Gasteiger partial charge is 0.410 e. The molecule has 7 heteroatoms. The van der Waals surface area contributed by atoms with Crippen molar-refractivity contribution in [3.05, 3.63) is 59.3 Å². The maximum Gasteiger partial charge on any atom is 0.410 e. The third-order valence-corrected chi connectivity index (χ3v) is 5.01. The number of amides is 1. The molecule has 2 aliphatic rings. The first-order chi connectivity index (χ1) is 12.6. The molecular formula is C19H21FN2O4. The van der Waals surface area contributed by atoms with Crippen LogP contribution in [-0.2, 0) is 24.3 Å². The molecule has 0 radical (unpaired) electrons. The number of aliphatic hydroxyl groups is 1. The summed E-state index contributed by atoms with van der Waals surface area (Å²) in [5.74, 6) is 1.08. The van der Waals surface area contributed by atoms with Crippen LogP contribution in [0.1, 0.15) is 17.1 Å². The Balaban J connectivity index is 1.35. The monoisotopic (exact) mass is 360 g/mol. The zero-order chi connectivity index (χ0) is 18.1. The molecule has 1 amide bonds. The van der Waals surface area contributed by atoms with Crippen molar-refractivity contribution < 1.29 is 23.4 Å². The lowest BCUT2D eigenvalue weighted by atomic mass is 10.1. The summed E-state index contributed by atoms with van der Waals surface area (Å²) < 4.78 is 24.1. The van der Waals surface area contributed by atoms with Crippen LogP contribution in [0.4, 0.5) is 9.18 Å². The molecule has 1 N–H and O–H groups in total. The predicted octanol–water partition coefficient (Wildman–Crippen LogP) is 2.16. The van der Waals surface area contributed by atoms with E-state index in [0.29, 0.717) is 31.8 Å². The highest BCUT2D eigenvalue weighted by molar-refractivity contribution is 5.71. The minimum Gasteiger partial charge on any atom is -0.462 e. The van der Waals surface area contributed by atoms with Gasteiger partial charge in [0.05, 0.1) is 12.6 Å². The molecule has 2 aliphatic heterocycles. The number of rotatable bonds is 6. The minimum absolute atomic E-state index is 0.0234. The van der Waals surface area contributed by atoms with Gasteiger partial charge in [-0.1, -0.05) is 12.1 Å². The third kappa shape index (κ3) is 3.45. The third-order valence-electron chi connectivity index (χ3n) is 5.01. The van der Waals surface area contributed by atoms with Crippen molar-refractivity contribution in [3.63, 3.8) is 0 Å². The van der Waals surface area contributed by atoms with Gasteiger partial charge in [-0.15, -0.1) is 0 Å². The molecule has 0 unspecified atom stereocenters.